The summed E-state index contributed by atoms with van der Waals surface area (Å²) in [6.45, 7) is 10.3. The summed E-state index contributed by atoms with van der Waals surface area (Å²) in [4.78, 5) is 0. The molecule has 1 fully saturated rings. The van der Waals surface area contributed by atoms with Crippen LogP contribution >= 0.6 is 0 Å². The van der Waals surface area contributed by atoms with Crippen LogP contribution in [0.15, 0.2) is 0 Å². The van der Waals surface area contributed by atoms with E-state index in [1.807, 2.05) is 0 Å². The maximum atomic E-state index is 6.31. The Balaban J connectivity index is 2.52. The molecular formula is C12H26N2. The first-order chi connectivity index (χ1) is 6.52. The predicted molar refractivity (Wildman–Crippen MR) is 62.2 cm³/mol. The largest absolute Gasteiger partial charge is 0.326 e. The molecule has 14 heavy (non-hydrogen) atoms. The lowest BCUT2D eigenvalue weighted by Gasteiger charge is -2.39. The topological polar surface area (TPSA) is 38.0 Å². The molecule has 0 aliphatic carbocycles. The third kappa shape index (κ3) is 2.96. The van der Waals surface area contributed by atoms with E-state index in [2.05, 4.69) is 33.0 Å². The highest BCUT2D eigenvalue weighted by molar-refractivity contribution is 4.91. The Morgan fingerprint density at radius 3 is 2.43 bits per heavy atom. The molecule has 1 aliphatic heterocycles. The van der Waals surface area contributed by atoms with E-state index in [0.717, 1.165) is 18.4 Å². The zero-order valence-corrected chi connectivity index (χ0v) is 10.1. The van der Waals surface area contributed by atoms with Crippen molar-refractivity contribution in [3.8, 4) is 0 Å². The van der Waals surface area contributed by atoms with Gasteiger partial charge in [0, 0.05) is 12.1 Å². The van der Waals surface area contributed by atoms with E-state index in [9.17, 15) is 0 Å². The van der Waals surface area contributed by atoms with Crippen molar-refractivity contribution in [2.75, 3.05) is 6.54 Å². The summed E-state index contributed by atoms with van der Waals surface area (Å²) in [7, 11) is 0. The molecule has 1 rings (SSSR count). The van der Waals surface area contributed by atoms with E-state index in [0.29, 0.717) is 18.0 Å². The molecule has 2 nitrogen and oxygen atoms in total. The molecule has 0 aromatic heterocycles. The fourth-order valence-electron chi connectivity index (χ4n) is 2.59. The Morgan fingerprint density at radius 1 is 1.29 bits per heavy atom. The third-order valence-electron chi connectivity index (χ3n) is 3.42. The lowest BCUT2D eigenvalue weighted by atomic mass is 9.78. The van der Waals surface area contributed by atoms with Gasteiger partial charge in [-0.05, 0) is 37.1 Å². The van der Waals surface area contributed by atoms with Crippen molar-refractivity contribution in [2.45, 2.75) is 52.6 Å². The zero-order valence-electron chi connectivity index (χ0n) is 10.1. The van der Waals surface area contributed by atoms with Crippen LogP contribution in [0.2, 0.25) is 0 Å². The highest BCUT2D eigenvalue weighted by Crippen LogP contribution is 2.25. The van der Waals surface area contributed by atoms with Crippen molar-refractivity contribution in [1.82, 2.24) is 5.32 Å². The minimum Gasteiger partial charge on any atom is -0.326 e. The molecular weight excluding hydrogens is 172 g/mol. The molecule has 0 radical (unpaired) electrons. The molecule has 0 bridgehead atoms. The lowest BCUT2D eigenvalue weighted by Crippen LogP contribution is -2.56. The second kappa shape index (κ2) is 5.13. The van der Waals surface area contributed by atoms with Gasteiger partial charge in [0.1, 0.15) is 0 Å². The van der Waals surface area contributed by atoms with Crippen LogP contribution in [0.5, 0.6) is 0 Å². The molecule has 0 spiro atoms. The summed E-state index contributed by atoms with van der Waals surface area (Å²) in [6, 6.07) is 0.891. The quantitative estimate of drug-likeness (QED) is 0.728. The van der Waals surface area contributed by atoms with Gasteiger partial charge in [-0.1, -0.05) is 27.7 Å². The number of piperidine rings is 1. The molecule has 84 valence electrons. The van der Waals surface area contributed by atoms with Crippen LogP contribution in [0.4, 0.5) is 0 Å². The number of nitrogens with two attached hydrogens (primary N) is 1. The van der Waals surface area contributed by atoms with Gasteiger partial charge in [0.25, 0.3) is 0 Å². The Hall–Kier alpha value is -0.0800. The Kier molecular flexibility index (Phi) is 4.39. The van der Waals surface area contributed by atoms with Crippen LogP contribution in [-0.4, -0.2) is 18.6 Å². The summed E-state index contributed by atoms with van der Waals surface area (Å²) in [5, 5.41) is 3.56. The van der Waals surface area contributed by atoms with Crippen LogP contribution in [0.25, 0.3) is 0 Å². The SMILES string of the molecule is CC(C)CC1NCCC(C(C)C)C1N. The number of hydrogen-bond acceptors (Lipinski definition) is 2. The van der Waals surface area contributed by atoms with E-state index in [4.69, 9.17) is 5.73 Å². The van der Waals surface area contributed by atoms with Gasteiger partial charge < -0.3 is 11.1 Å². The van der Waals surface area contributed by atoms with Gasteiger partial charge in [-0.3, -0.25) is 0 Å². The van der Waals surface area contributed by atoms with Crippen molar-refractivity contribution in [1.29, 1.82) is 0 Å². The number of rotatable bonds is 3. The van der Waals surface area contributed by atoms with Crippen molar-refractivity contribution in [2.24, 2.45) is 23.5 Å². The predicted octanol–water partition coefficient (Wildman–Crippen LogP) is 1.99. The van der Waals surface area contributed by atoms with Gasteiger partial charge in [-0.25, -0.2) is 0 Å². The summed E-state index contributed by atoms with van der Waals surface area (Å²) in [5.41, 5.74) is 6.31. The van der Waals surface area contributed by atoms with Crippen molar-refractivity contribution in [3.63, 3.8) is 0 Å². The second-order valence-corrected chi connectivity index (χ2v) is 5.46. The molecule has 0 aromatic carbocycles. The molecule has 3 atom stereocenters. The molecule has 2 heteroatoms. The Labute approximate surface area is 88.6 Å². The molecule has 3 N–H and O–H groups in total. The van der Waals surface area contributed by atoms with Crippen molar-refractivity contribution >= 4 is 0 Å². The summed E-state index contributed by atoms with van der Waals surface area (Å²) in [5.74, 6) is 2.17. The first-order valence-electron chi connectivity index (χ1n) is 6.01. The third-order valence-corrected chi connectivity index (χ3v) is 3.42. The molecule has 0 aromatic rings. The van der Waals surface area contributed by atoms with Gasteiger partial charge in [-0.15, -0.1) is 0 Å². The number of hydrogen-bond donors (Lipinski definition) is 2. The Bertz CT molecular complexity index is 166. The first-order valence-corrected chi connectivity index (χ1v) is 6.01. The average Bonchev–Trinajstić information content (AvgIpc) is 2.07. The normalized spacial score (nSPS) is 34.1. The highest BCUT2D eigenvalue weighted by atomic mass is 15.0. The molecule has 1 aliphatic rings. The van der Waals surface area contributed by atoms with Crippen molar-refractivity contribution < 1.29 is 0 Å². The monoisotopic (exact) mass is 198 g/mol. The molecule has 1 saturated heterocycles. The fraction of sp³-hybridized carbons (Fsp3) is 1.00. The molecule has 1 heterocycles. The summed E-state index contributed by atoms with van der Waals surface area (Å²) >= 11 is 0. The van der Waals surface area contributed by atoms with E-state index < -0.39 is 0 Å². The Morgan fingerprint density at radius 2 is 1.93 bits per heavy atom. The van der Waals surface area contributed by atoms with Crippen LogP contribution in [0, 0.1) is 17.8 Å². The number of nitrogens with one attached hydrogen (secondary N) is 1. The first kappa shape index (κ1) is 12.0. The maximum Gasteiger partial charge on any atom is 0.0226 e. The summed E-state index contributed by atoms with van der Waals surface area (Å²) in [6.07, 6.45) is 2.46. The van der Waals surface area contributed by atoms with Crippen LogP contribution < -0.4 is 11.1 Å². The zero-order chi connectivity index (χ0) is 10.7. The second-order valence-electron chi connectivity index (χ2n) is 5.46. The van der Waals surface area contributed by atoms with E-state index in [1.165, 1.54) is 12.8 Å². The van der Waals surface area contributed by atoms with Gasteiger partial charge >= 0.3 is 0 Å². The van der Waals surface area contributed by atoms with Gasteiger partial charge in [0.15, 0.2) is 0 Å². The van der Waals surface area contributed by atoms with Crippen LogP contribution in [-0.2, 0) is 0 Å². The average molecular weight is 198 g/mol. The van der Waals surface area contributed by atoms with E-state index in [-0.39, 0.29) is 0 Å². The van der Waals surface area contributed by atoms with E-state index in [1.54, 1.807) is 0 Å². The van der Waals surface area contributed by atoms with Gasteiger partial charge in [0.05, 0.1) is 0 Å². The lowest BCUT2D eigenvalue weighted by molar-refractivity contribution is 0.188. The minimum absolute atomic E-state index is 0.353. The molecule has 0 amide bonds. The van der Waals surface area contributed by atoms with E-state index >= 15 is 0 Å². The van der Waals surface area contributed by atoms with Gasteiger partial charge in [0.2, 0.25) is 0 Å². The van der Waals surface area contributed by atoms with Crippen molar-refractivity contribution in [3.05, 3.63) is 0 Å². The highest BCUT2D eigenvalue weighted by Gasteiger charge is 2.31. The summed E-state index contributed by atoms with van der Waals surface area (Å²) < 4.78 is 0. The molecule has 3 unspecified atom stereocenters. The van der Waals surface area contributed by atoms with Crippen LogP contribution in [0.1, 0.15) is 40.5 Å². The minimum atomic E-state index is 0.353. The fourth-order valence-corrected chi connectivity index (χ4v) is 2.59. The van der Waals surface area contributed by atoms with Crippen LogP contribution in [0.3, 0.4) is 0 Å². The smallest absolute Gasteiger partial charge is 0.0226 e. The standard InChI is InChI=1S/C12H26N2/c1-8(2)7-11-12(13)10(9(3)4)5-6-14-11/h8-12,14H,5-7,13H2,1-4H3. The maximum absolute atomic E-state index is 6.31. The molecule has 0 saturated carbocycles. The van der Waals surface area contributed by atoms with Gasteiger partial charge in [-0.2, -0.15) is 0 Å².